The summed E-state index contributed by atoms with van der Waals surface area (Å²) < 4.78 is 28.9. The highest BCUT2D eigenvalue weighted by atomic mass is 31.2. The van der Waals surface area contributed by atoms with E-state index in [4.69, 9.17) is 19.6 Å². The van der Waals surface area contributed by atoms with Crippen molar-refractivity contribution in [2.24, 2.45) is 5.92 Å². The highest BCUT2D eigenvalue weighted by molar-refractivity contribution is 7.46. The van der Waals surface area contributed by atoms with Gasteiger partial charge in [-0.3, -0.25) is 9.05 Å². The predicted molar refractivity (Wildman–Crippen MR) is 49.8 cm³/mol. The molecule has 0 spiro atoms. The lowest BCUT2D eigenvalue weighted by atomic mass is 10.1. The Morgan fingerprint density at radius 3 is 1.93 bits per heavy atom. The molecular formula is C5H14O8P2. The minimum Gasteiger partial charge on any atom is -0.303 e. The molecule has 0 radical (unpaired) electrons. The summed E-state index contributed by atoms with van der Waals surface area (Å²) in [5, 5.41) is 0. The average molecular weight is 264 g/mol. The van der Waals surface area contributed by atoms with Crippen molar-refractivity contribution >= 4 is 15.6 Å². The summed E-state index contributed by atoms with van der Waals surface area (Å²) in [6, 6.07) is 0. The Balaban J connectivity index is 3.63. The van der Waals surface area contributed by atoms with Crippen LogP contribution in [-0.4, -0.2) is 32.8 Å². The van der Waals surface area contributed by atoms with Gasteiger partial charge < -0.3 is 19.6 Å². The van der Waals surface area contributed by atoms with E-state index < -0.39 is 15.6 Å². The molecule has 0 aromatic rings. The van der Waals surface area contributed by atoms with Crippen LogP contribution >= 0.6 is 15.6 Å². The smallest absolute Gasteiger partial charge is 0.303 e. The van der Waals surface area contributed by atoms with Gasteiger partial charge in [-0.15, -0.1) is 0 Å². The van der Waals surface area contributed by atoms with E-state index >= 15 is 0 Å². The Kier molecular flexibility index (Phi) is 6.17. The Morgan fingerprint density at radius 2 is 1.53 bits per heavy atom. The largest absolute Gasteiger partial charge is 0.469 e. The molecule has 92 valence electrons. The normalized spacial score (nSPS) is 15.3. The predicted octanol–water partition coefficient (Wildman–Crippen LogP) is 0.231. The van der Waals surface area contributed by atoms with Crippen LogP contribution in [0.5, 0.6) is 0 Å². The minimum absolute atomic E-state index is 0.198. The van der Waals surface area contributed by atoms with E-state index in [1.807, 2.05) is 0 Å². The minimum atomic E-state index is -4.48. The second kappa shape index (κ2) is 6.08. The fourth-order valence-corrected chi connectivity index (χ4v) is 1.47. The highest BCUT2D eigenvalue weighted by Gasteiger charge is 2.17. The van der Waals surface area contributed by atoms with Gasteiger partial charge in [-0.2, -0.15) is 0 Å². The van der Waals surface area contributed by atoms with E-state index in [0.717, 1.165) is 0 Å². The fourth-order valence-electron chi connectivity index (χ4n) is 0.680. The van der Waals surface area contributed by atoms with Crippen molar-refractivity contribution in [3.05, 3.63) is 0 Å². The zero-order valence-corrected chi connectivity index (χ0v) is 9.80. The maximum Gasteiger partial charge on any atom is 0.469 e. The van der Waals surface area contributed by atoms with Gasteiger partial charge in [-0.1, -0.05) is 6.92 Å². The molecule has 10 heteroatoms. The number of rotatable bonds is 7. The molecule has 4 N–H and O–H groups in total. The molecule has 0 aliphatic carbocycles. The average Bonchev–Trinajstić information content (AvgIpc) is 1.97. The summed E-state index contributed by atoms with van der Waals surface area (Å²) in [5.74, 6) is -0.274. The monoisotopic (exact) mass is 264 g/mol. The van der Waals surface area contributed by atoms with Gasteiger partial charge in [-0.25, -0.2) is 9.13 Å². The Morgan fingerprint density at radius 1 is 1.07 bits per heavy atom. The SMILES string of the molecule is CC(CCOP(=O)(O)O)COP(=O)(O)O. The molecular weight excluding hydrogens is 250 g/mol. The molecule has 15 heavy (non-hydrogen) atoms. The maximum atomic E-state index is 10.3. The van der Waals surface area contributed by atoms with Crippen LogP contribution in [0.15, 0.2) is 0 Å². The van der Waals surface area contributed by atoms with Gasteiger partial charge in [0.25, 0.3) is 0 Å². The molecule has 0 aromatic heterocycles. The van der Waals surface area contributed by atoms with E-state index in [0.29, 0.717) is 0 Å². The third-order valence-corrected chi connectivity index (χ3v) is 2.40. The van der Waals surface area contributed by atoms with Crippen LogP contribution in [-0.2, 0) is 18.2 Å². The van der Waals surface area contributed by atoms with Gasteiger partial charge in [0.2, 0.25) is 0 Å². The van der Waals surface area contributed by atoms with Crippen molar-refractivity contribution in [2.75, 3.05) is 13.2 Å². The van der Waals surface area contributed by atoms with Crippen LogP contribution in [0.2, 0.25) is 0 Å². The number of phosphoric ester groups is 2. The second-order valence-corrected chi connectivity index (χ2v) is 5.48. The molecule has 1 atom stereocenters. The zero-order valence-electron chi connectivity index (χ0n) is 8.01. The number of hydrogen-bond acceptors (Lipinski definition) is 4. The topological polar surface area (TPSA) is 134 Å². The van der Waals surface area contributed by atoms with Crippen LogP contribution in [0.25, 0.3) is 0 Å². The van der Waals surface area contributed by atoms with Crippen molar-refractivity contribution in [1.82, 2.24) is 0 Å². The van der Waals surface area contributed by atoms with Crippen LogP contribution in [0.1, 0.15) is 13.3 Å². The molecule has 0 heterocycles. The van der Waals surface area contributed by atoms with Crippen molar-refractivity contribution in [3.63, 3.8) is 0 Å². The second-order valence-electron chi connectivity index (χ2n) is 3.00. The summed E-state index contributed by atoms with van der Waals surface area (Å²) >= 11 is 0. The summed E-state index contributed by atoms with van der Waals surface area (Å²) in [6.45, 7) is 1.21. The maximum absolute atomic E-state index is 10.3. The first kappa shape index (κ1) is 15.2. The molecule has 1 unspecified atom stereocenters. The Hall–Kier alpha value is 0.220. The third kappa shape index (κ3) is 12.2. The third-order valence-electron chi connectivity index (χ3n) is 1.40. The van der Waals surface area contributed by atoms with Crippen molar-refractivity contribution in [1.29, 1.82) is 0 Å². The summed E-state index contributed by atoms with van der Waals surface area (Å²) in [6.07, 6.45) is 0.227. The quantitative estimate of drug-likeness (QED) is 0.480. The Labute approximate surface area is 86.7 Å². The molecule has 0 aromatic carbocycles. The molecule has 0 fully saturated rings. The molecule has 0 rings (SSSR count). The highest BCUT2D eigenvalue weighted by Crippen LogP contribution is 2.37. The van der Waals surface area contributed by atoms with Gasteiger partial charge in [0.05, 0.1) is 13.2 Å². The van der Waals surface area contributed by atoms with E-state index in [-0.39, 0.29) is 25.6 Å². The molecule has 0 amide bonds. The van der Waals surface area contributed by atoms with Gasteiger partial charge in [0, 0.05) is 0 Å². The van der Waals surface area contributed by atoms with Gasteiger partial charge >= 0.3 is 15.6 Å². The number of hydrogen-bond donors (Lipinski definition) is 4. The molecule has 0 aliphatic heterocycles. The zero-order chi connectivity index (χ0) is 12.1. The lowest BCUT2D eigenvalue weighted by Crippen LogP contribution is -2.07. The van der Waals surface area contributed by atoms with Crippen molar-refractivity contribution < 1.29 is 37.8 Å². The summed E-state index contributed by atoms with van der Waals surface area (Å²) in [4.78, 5) is 33.4. The van der Waals surface area contributed by atoms with Crippen molar-refractivity contribution in [3.8, 4) is 0 Å². The molecule has 0 aliphatic rings. The van der Waals surface area contributed by atoms with E-state index in [1.165, 1.54) is 0 Å². The molecule has 8 nitrogen and oxygen atoms in total. The Bertz CT molecular complexity index is 266. The molecule has 0 bridgehead atoms. The van der Waals surface area contributed by atoms with Gasteiger partial charge in [0.15, 0.2) is 0 Å². The van der Waals surface area contributed by atoms with E-state index in [2.05, 4.69) is 9.05 Å². The van der Waals surface area contributed by atoms with Gasteiger partial charge in [-0.05, 0) is 12.3 Å². The van der Waals surface area contributed by atoms with Crippen LogP contribution in [0.3, 0.4) is 0 Å². The first-order chi connectivity index (χ1) is 6.60. The van der Waals surface area contributed by atoms with E-state index in [9.17, 15) is 9.13 Å². The molecule has 0 saturated heterocycles. The molecule has 0 saturated carbocycles. The van der Waals surface area contributed by atoms with Gasteiger partial charge in [0.1, 0.15) is 0 Å². The first-order valence-electron chi connectivity index (χ1n) is 4.00. The van der Waals surface area contributed by atoms with Crippen LogP contribution in [0.4, 0.5) is 0 Å². The fraction of sp³-hybridized carbons (Fsp3) is 1.00. The first-order valence-corrected chi connectivity index (χ1v) is 7.06. The lowest BCUT2D eigenvalue weighted by molar-refractivity contribution is 0.146. The van der Waals surface area contributed by atoms with E-state index in [1.54, 1.807) is 6.92 Å². The van der Waals surface area contributed by atoms with Crippen molar-refractivity contribution in [2.45, 2.75) is 13.3 Å². The number of phosphoric acid groups is 2. The standard InChI is InChI=1S/C5H14O8P2/c1-5(4-13-15(9,10)11)2-3-12-14(6,7)8/h5H,2-4H2,1H3,(H2,6,7,8)(H2,9,10,11). The summed E-state index contributed by atoms with van der Waals surface area (Å²) in [7, 11) is -8.95. The lowest BCUT2D eigenvalue weighted by Gasteiger charge is -2.12. The summed E-state index contributed by atoms with van der Waals surface area (Å²) in [5.41, 5.74) is 0. The van der Waals surface area contributed by atoms with Crippen LogP contribution in [0, 0.1) is 5.92 Å². The van der Waals surface area contributed by atoms with Crippen LogP contribution < -0.4 is 0 Å².